The van der Waals surface area contributed by atoms with E-state index < -0.39 is 12.1 Å². The predicted octanol–water partition coefficient (Wildman–Crippen LogP) is 2.82. The first-order valence-electron chi connectivity index (χ1n) is 7.71. The molecule has 1 unspecified atom stereocenters. The van der Waals surface area contributed by atoms with Gasteiger partial charge >= 0.3 is 19.3 Å². The smallest absolute Gasteiger partial charge is 0.475 e. The van der Waals surface area contributed by atoms with Crippen molar-refractivity contribution in [3.05, 3.63) is 35.9 Å². The fraction of sp³-hybridized carbons (Fsp3) is 0.562. The van der Waals surface area contributed by atoms with E-state index in [9.17, 15) is 13.2 Å². The van der Waals surface area contributed by atoms with E-state index in [1.54, 1.807) is 0 Å². The Hall–Kier alpha value is -1.58. The maximum Gasteiger partial charge on any atom is 0.490 e. The van der Waals surface area contributed by atoms with Gasteiger partial charge in [-0.1, -0.05) is 30.3 Å². The quantitative estimate of drug-likeness (QED) is 0.810. The maximum absolute atomic E-state index is 10.6. The van der Waals surface area contributed by atoms with Gasteiger partial charge in [0.15, 0.2) is 0 Å². The van der Waals surface area contributed by atoms with Crippen molar-refractivity contribution in [1.82, 2.24) is 0 Å². The second-order valence-corrected chi connectivity index (χ2v) is 6.78. The molecule has 25 heavy (non-hydrogen) atoms. The first-order chi connectivity index (χ1) is 11.3. The number of hydrogen-bond donors (Lipinski definition) is 2. The zero-order valence-corrected chi connectivity index (χ0v) is 14.6. The summed E-state index contributed by atoms with van der Waals surface area (Å²) in [6, 6.07) is 10.2. The number of rotatable bonds is 3. The lowest BCUT2D eigenvalue weighted by Gasteiger charge is -2.32. The highest BCUT2D eigenvalue weighted by Crippen LogP contribution is 2.37. The van der Waals surface area contributed by atoms with Gasteiger partial charge in [-0.2, -0.15) is 13.2 Å². The fourth-order valence-corrected chi connectivity index (χ4v) is 2.05. The molecule has 1 aliphatic heterocycles. The third kappa shape index (κ3) is 6.02. The predicted molar refractivity (Wildman–Crippen MR) is 87.9 cm³/mol. The Morgan fingerprint density at radius 2 is 1.56 bits per heavy atom. The molecule has 0 spiro atoms. The van der Waals surface area contributed by atoms with Crippen LogP contribution in [0.1, 0.15) is 33.3 Å². The van der Waals surface area contributed by atoms with Crippen molar-refractivity contribution in [1.29, 1.82) is 0 Å². The number of alkyl halides is 3. The van der Waals surface area contributed by atoms with Gasteiger partial charge in [0.2, 0.25) is 0 Å². The van der Waals surface area contributed by atoms with Gasteiger partial charge in [-0.15, -0.1) is 0 Å². The molecule has 0 radical (unpaired) electrons. The zero-order chi connectivity index (χ0) is 19.5. The van der Waals surface area contributed by atoms with Crippen LogP contribution in [0.3, 0.4) is 0 Å². The van der Waals surface area contributed by atoms with E-state index in [-0.39, 0.29) is 24.3 Å². The molecule has 5 nitrogen and oxygen atoms in total. The van der Waals surface area contributed by atoms with Crippen molar-refractivity contribution in [3.63, 3.8) is 0 Å². The molecule has 1 saturated heterocycles. The standard InChI is InChI=1S/C14H22BNO2.C2HF3O2/c1-13(2)14(3,4)18-15(17-13)12(16)10-11-8-6-5-7-9-11;3-2(4,5)1(6)7/h5-9,12H,10,16H2,1-4H3;(H,6,7). The summed E-state index contributed by atoms with van der Waals surface area (Å²) in [4.78, 5) is 8.90. The topological polar surface area (TPSA) is 81.8 Å². The Morgan fingerprint density at radius 3 is 1.92 bits per heavy atom. The minimum absolute atomic E-state index is 0.145. The van der Waals surface area contributed by atoms with Gasteiger partial charge in [0.25, 0.3) is 0 Å². The van der Waals surface area contributed by atoms with E-state index in [1.165, 1.54) is 5.56 Å². The number of carboxylic acid groups (broad SMARTS) is 1. The third-order valence-corrected chi connectivity index (χ3v) is 4.18. The highest BCUT2D eigenvalue weighted by molar-refractivity contribution is 6.47. The molecule has 3 N–H and O–H groups in total. The number of carboxylic acids is 1. The fourth-order valence-electron chi connectivity index (χ4n) is 2.05. The van der Waals surface area contributed by atoms with Gasteiger partial charge in [-0.25, -0.2) is 4.79 Å². The number of carbonyl (C=O) groups is 1. The van der Waals surface area contributed by atoms with Crippen LogP contribution in [0.15, 0.2) is 30.3 Å². The van der Waals surface area contributed by atoms with Crippen molar-refractivity contribution in [3.8, 4) is 0 Å². The van der Waals surface area contributed by atoms with Gasteiger partial charge in [0.1, 0.15) is 0 Å². The summed E-state index contributed by atoms with van der Waals surface area (Å²) in [6.45, 7) is 8.18. The molecule has 0 bridgehead atoms. The van der Waals surface area contributed by atoms with Gasteiger partial charge in [-0.3, -0.25) is 0 Å². The monoisotopic (exact) mass is 361 g/mol. The van der Waals surface area contributed by atoms with Crippen LogP contribution in [0.5, 0.6) is 0 Å². The molecule has 1 aromatic carbocycles. The van der Waals surface area contributed by atoms with Crippen LogP contribution in [-0.4, -0.2) is 41.5 Å². The molecule has 9 heteroatoms. The Bertz CT molecular complexity index is 562. The van der Waals surface area contributed by atoms with Crippen LogP contribution in [-0.2, 0) is 20.5 Å². The Labute approximate surface area is 145 Å². The molecule has 1 atom stereocenters. The maximum atomic E-state index is 10.6. The first kappa shape index (κ1) is 21.5. The summed E-state index contributed by atoms with van der Waals surface area (Å²) in [5, 5.41) is 7.12. The van der Waals surface area contributed by atoms with Gasteiger partial charge < -0.3 is 20.1 Å². The van der Waals surface area contributed by atoms with Crippen LogP contribution in [0.4, 0.5) is 13.2 Å². The van der Waals surface area contributed by atoms with E-state index >= 15 is 0 Å². The summed E-state index contributed by atoms with van der Waals surface area (Å²) in [5.41, 5.74) is 6.78. The molecule has 0 aromatic heterocycles. The van der Waals surface area contributed by atoms with Crippen LogP contribution in [0, 0.1) is 0 Å². The van der Waals surface area contributed by atoms with E-state index in [2.05, 4.69) is 12.1 Å². The average molecular weight is 361 g/mol. The van der Waals surface area contributed by atoms with Crippen molar-refractivity contribution < 1.29 is 32.4 Å². The van der Waals surface area contributed by atoms with Crippen LogP contribution < -0.4 is 5.73 Å². The van der Waals surface area contributed by atoms with Crippen molar-refractivity contribution in [2.24, 2.45) is 5.73 Å². The Balaban J connectivity index is 0.000000381. The Morgan fingerprint density at radius 1 is 1.16 bits per heavy atom. The zero-order valence-electron chi connectivity index (χ0n) is 14.6. The van der Waals surface area contributed by atoms with Gasteiger partial charge in [0, 0.05) is 5.94 Å². The molecule has 1 fully saturated rings. The molecule has 1 aliphatic rings. The van der Waals surface area contributed by atoms with Crippen molar-refractivity contribution >= 4 is 13.1 Å². The molecular formula is C16H23BF3NO4. The number of nitrogens with two attached hydrogens (primary N) is 1. The van der Waals surface area contributed by atoms with Crippen LogP contribution in [0.25, 0.3) is 0 Å². The second-order valence-electron chi connectivity index (χ2n) is 6.78. The highest BCUT2D eigenvalue weighted by Gasteiger charge is 2.52. The lowest BCUT2D eigenvalue weighted by atomic mass is 9.75. The van der Waals surface area contributed by atoms with Gasteiger partial charge in [0.05, 0.1) is 11.2 Å². The normalized spacial score (nSPS) is 19.8. The van der Waals surface area contributed by atoms with E-state index in [1.807, 2.05) is 45.9 Å². The summed E-state index contributed by atoms with van der Waals surface area (Å²) in [7, 11) is -0.338. The SMILES string of the molecule is CC1(C)OB(C(N)Cc2ccccc2)OC1(C)C.O=C(O)C(F)(F)F. The number of aliphatic carboxylic acids is 1. The van der Waals surface area contributed by atoms with Crippen molar-refractivity contribution in [2.75, 3.05) is 0 Å². The lowest BCUT2D eigenvalue weighted by molar-refractivity contribution is -0.192. The molecule has 0 aliphatic carbocycles. The van der Waals surface area contributed by atoms with Crippen LogP contribution in [0.2, 0.25) is 0 Å². The Kier molecular flexibility index (Phi) is 6.66. The largest absolute Gasteiger partial charge is 0.490 e. The van der Waals surface area contributed by atoms with E-state index in [4.69, 9.17) is 24.9 Å². The molecule has 0 saturated carbocycles. The van der Waals surface area contributed by atoms with E-state index in [0.717, 1.165) is 6.42 Å². The molecule has 140 valence electrons. The molecule has 1 heterocycles. The first-order valence-corrected chi connectivity index (χ1v) is 7.71. The summed E-state index contributed by atoms with van der Waals surface area (Å²) < 4.78 is 43.6. The summed E-state index contributed by atoms with van der Waals surface area (Å²) in [6.07, 6.45) is -4.32. The number of benzene rings is 1. The average Bonchev–Trinajstić information content (AvgIpc) is 2.68. The van der Waals surface area contributed by atoms with E-state index in [0.29, 0.717) is 0 Å². The molecule has 2 rings (SSSR count). The van der Waals surface area contributed by atoms with Gasteiger partial charge in [-0.05, 0) is 39.7 Å². The number of hydrogen-bond acceptors (Lipinski definition) is 4. The summed E-state index contributed by atoms with van der Waals surface area (Å²) >= 11 is 0. The van der Waals surface area contributed by atoms with Crippen molar-refractivity contribution in [2.45, 2.75) is 57.4 Å². The minimum Gasteiger partial charge on any atom is -0.475 e. The van der Waals surface area contributed by atoms with Crippen LogP contribution >= 0.6 is 0 Å². The number of halogens is 3. The lowest BCUT2D eigenvalue weighted by Crippen LogP contribution is -2.43. The molecule has 1 aromatic rings. The second kappa shape index (κ2) is 7.76. The minimum atomic E-state index is -5.08. The molecular weight excluding hydrogens is 338 g/mol. The molecule has 0 amide bonds. The highest BCUT2D eigenvalue weighted by atomic mass is 19.4. The third-order valence-electron chi connectivity index (χ3n) is 4.18. The summed E-state index contributed by atoms with van der Waals surface area (Å²) in [5.74, 6) is -2.90.